The molecule has 2 aromatic carbocycles. The van der Waals surface area contributed by atoms with Crippen LogP contribution in [0.4, 0.5) is 23.2 Å². The minimum absolute atomic E-state index is 0.192. The predicted molar refractivity (Wildman–Crippen MR) is 66.0 cm³/mol. The molecule has 0 fully saturated rings. The van der Waals surface area contributed by atoms with Gasteiger partial charge in [-0.3, -0.25) is 0 Å². The normalized spacial score (nSPS) is 11.6. The Balaban J connectivity index is 2.46. The van der Waals surface area contributed by atoms with Crippen molar-refractivity contribution in [1.82, 2.24) is 0 Å². The Kier molecular flexibility index (Phi) is 3.22. The first-order chi connectivity index (χ1) is 8.79. The fourth-order valence-electron chi connectivity index (χ4n) is 1.75. The van der Waals surface area contributed by atoms with E-state index in [4.69, 9.17) is 5.73 Å². The number of nitrogen functional groups attached to an aromatic ring is 1. The van der Waals surface area contributed by atoms with Gasteiger partial charge in [0.05, 0.1) is 5.56 Å². The maximum atomic E-state index is 13.8. The third kappa shape index (κ3) is 2.70. The fourth-order valence-corrected chi connectivity index (χ4v) is 1.75. The quantitative estimate of drug-likeness (QED) is 0.602. The van der Waals surface area contributed by atoms with Crippen molar-refractivity contribution in [2.45, 2.75) is 13.1 Å². The zero-order chi connectivity index (χ0) is 14.2. The predicted octanol–water partition coefficient (Wildman–Crippen LogP) is 4.40. The van der Waals surface area contributed by atoms with Crippen LogP contribution in [0.1, 0.15) is 11.1 Å². The number of hydrogen-bond donors (Lipinski definition) is 1. The van der Waals surface area contributed by atoms with Gasteiger partial charge in [-0.1, -0.05) is 12.1 Å². The molecule has 0 saturated carbocycles. The second-order valence-electron chi connectivity index (χ2n) is 4.26. The highest BCUT2D eigenvalue weighted by Crippen LogP contribution is 2.32. The topological polar surface area (TPSA) is 26.0 Å². The van der Waals surface area contributed by atoms with Gasteiger partial charge in [0, 0.05) is 11.3 Å². The van der Waals surface area contributed by atoms with Crippen molar-refractivity contribution in [3.63, 3.8) is 0 Å². The summed E-state index contributed by atoms with van der Waals surface area (Å²) in [5.41, 5.74) is 6.45. The molecule has 5 heteroatoms. The van der Waals surface area contributed by atoms with Crippen LogP contribution in [0.2, 0.25) is 0 Å². The molecular weight excluding hydrogens is 258 g/mol. The molecule has 0 unspecified atom stereocenters. The largest absolute Gasteiger partial charge is 0.416 e. The monoisotopic (exact) mass is 269 g/mol. The summed E-state index contributed by atoms with van der Waals surface area (Å²) in [6.45, 7) is 1.66. The number of anilines is 1. The summed E-state index contributed by atoms with van der Waals surface area (Å²) < 4.78 is 51.0. The third-order valence-corrected chi connectivity index (χ3v) is 2.88. The zero-order valence-electron chi connectivity index (χ0n) is 10.1. The lowest BCUT2D eigenvalue weighted by Gasteiger charge is -2.10. The van der Waals surface area contributed by atoms with E-state index in [9.17, 15) is 17.6 Å². The Morgan fingerprint density at radius 1 is 1.00 bits per heavy atom. The van der Waals surface area contributed by atoms with Gasteiger partial charge in [-0.25, -0.2) is 4.39 Å². The first-order valence-electron chi connectivity index (χ1n) is 5.52. The lowest BCUT2D eigenvalue weighted by atomic mass is 10.0. The SMILES string of the molecule is Cc1cc(F)c(-c2ccc(C(F)(F)F)cc2)cc1N. The number of benzene rings is 2. The minimum atomic E-state index is -4.40. The zero-order valence-corrected chi connectivity index (χ0v) is 10.1. The van der Waals surface area contributed by atoms with Crippen LogP contribution in [0, 0.1) is 12.7 Å². The highest BCUT2D eigenvalue weighted by atomic mass is 19.4. The van der Waals surface area contributed by atoms with E-state index >= 15 is 0 Å². The molecule has 2 N–H and O–H groups in total. The van der Waals surface area contributed by atoms with Gasteiger partial charge in [0.1, 0.15) is 5.82 Å². The van der Waals surface area contributed by atoms with Crippen LogP contribution in [0.3, 0.4) is 0 Å². The Hall–Kier alpha value is -2.04. The molecule has 0 aliphatic carbocycles. The highest BCUT2D eigenvalue weighted by Gasteiger charge is 2.30. The lowest BCUT2D eigenvalue weighted by Crippen LogP contribution is -2.04. The van der Waals surface area contributed by atoms with E-state index in [1.807, 2.05) is 0 Å². The third-order valence-electron chi connectivity index (χ3n) is 2.88. The van der Waals surface area contributed by atoms with Crippen molar-refractivity contribution in [3.05, 3.63) is 53.3 Å². The first kappa shape index (κ1) is 13.4. The summed E-state index contributed by atoms with van der Waals surface area (Å²) in [7, 11) is 0. The molecule has 0 aliphatic heterocycles. The van der Waals surface area contributed by atoms with Gasteiger partial charge in [0.25, 0.3) is 0 Å². The summed E-state index contributed by atoms with van der Waals surface area (Å²) >= 11 is 0. The standard InChI is InChI=1S/C14H11F4N/c1-8-6-12(15)11(7-13(8)19)9-2-4-10(5-3-9)14(16,17)18/h2-7H,19H2,1H3. The number of aryl methyl sites for hydroxylation is 1. The van der Waals surface area contributed by atoms with E-state index in [2.05, 4.69) is 0 Å². The van der Waals surface area contributed by atoms with Crippen LogP contribution in [0.5, 0.6) is 0 Å². The van der Waals surface area contributed by atoms with Crippen molar-refractivity contribution in [2.24, 2.45) is 0 Å². The smallest absolute Gasteiger partial charge is 0.398 e. The lowest BCUT2D eigenvalue weighted by molar-refractivity contribution is -0.137. The van der Waals surface area contributed by atoms with Crippen LogP contribution in [0.15, 0.2) is 36.4 Å². The van der Waals surface area contributed by atoms with Gasteiger partial charge in [-0.15, -0.1) is 0 Å². The molecule has 0 bridgehead atoms. The van der Waals surface area contributed by atoms with E-state index in [-0.39, 0.29) is 5.56 Å². The van der Waals surface area contributed by atoms with E-state index in [0.29, 0.717) is 16.8 Å². The molecule has 0 aromatic heterocycles. The van der Waals surface area contributed by atoms with Crippen LogP contribution in [-0.4, -0.2) is 0 Å². The maximum absolute atomic E-state index is 13.8. The Morgan fingerprint density at radius 3 is 2.11 bits per heavy atom. The number of alkyl halides is 3. The Morgan fingerprint density at radius 2 is 1.58 bits per heavy atom. The molecule has 0 amide bonds. The van der Waals surface area contributed by atoms with Crippen molar-refractivity contribution in [3.8, 4) is 11.1 Å². The van der Waals surface area contributed by atoms with Gasteiger partial charge < -0.3 is 5.73 Å². The summed E-state index contributed by atoms with van der Waals surface area (Å²) in [6, 6.07) is 7.00. The fraction of sp³-hybridized carbons (Fsp3) is 0.143. The summed E-state index contributed by atoms with van der Waals surface area (Å²) in [4.78, 5) is 0. The average Bonchev–Trinajstić information content (AvgIpc) is 2.33. The van der Waals surface area contributed by atoms with Gasteiger partial charge in [0.2, 0.25) is 0 Å². The molecule has 0 radical (unpaired) electrons. The molecule has 19 heavy (non-hydrogen) atoms. The Labute approximate surface area is 107 Å². The highest BCUT2D eigenvalue weighted by molar-refractivity contribution is 5.69. The number of hydrogen-bond acceptors (Lipinski definition) is 1. The van der Waals surface area contributed by atoms with Crippen molar-refractivity contribution < 1.29 is 17.6 Å². The van der Waals surface area contributed by atoms with Crippen molar-refractivity contribution in [1.29, 1.82) is 0 Å². The second kappa shape index (κ2) is 4.57. The van der Waals surface area contributed by atoms with Crippen LogP contribution < -0.4 is 5.73 Å². The van der Waals surface area contributed by atoms with Gasteiger partial charge in [-0.2, -0.15) is 13.2 Å². The second-order valence-corrected chi connectivity index (χ2v) is 4.26. The number of rotatable bonds is 1. The molecule has 0 heterocycles. The molecule has 1 nitrogen and oxygen atoms in total. The summed E-state index contributed by atoms with van der Waals surface area (Å²) in [6.07, 6.45) is -4.40. The molecule has 2 rings (SSSR count). The average molecular weight is 269 g/mol. The minimum Gasteiger partial charge on any atom is -0.398 e. The molecule has 0 aliphatic rings. The van der Waals surface area contributed by atoms with E-state index < -0.39 is 17.6 Å². The van der Waals surface area contributed by atoms with Gasteiger partial charge >= 0.3 is 6.18 Å². The molecule has 0 atom stereocenters. The molecular formula is C14H11F4N. The summed E-state index contributed by atoms with van der Waals surface area (Å²) in [5.74, 6) is -0.508. The first-order valence-corrected chi connectivity index (χ1v) is 5.52. The van der Waals surface area contributed by atoms with Crippen LogP contribution in [-0.2, 0) is 6.18 Å². The van der Waals surface area contributed by atoms with Crippen LogP contribution >= 0.6 is 0 Å². The molecule has 0 spiro atoms. The maximum Gasteiger partial charge on any atom is 0.416 e. The van der Waals surface area contributed by atoms with Crippen molar-refractivity contribution >= 4 is 5.69 Å². The summed E-state index contributed by atoms with van der Waals surface area (Å²) in [5, 5.41) is 0. The molecule has 0 saturated heterocycles. The van der Waals surface area contributed by atoms with Gasteiger partial charge in [-0.05, 0) is 42.3 Å². The van der Waals surface area contributed by atoms with E-state index in [1.54, 1.807) is 6.92 Å². The molecule has 2 aromatic rings. The van der Waals surface area contributed by atoms with E-state index in [0.717, 1.165) is 12.1 Å². The Bertz CT molecular complexity index is 600. The van der Waals surface area contributed by atoms with Gasteiger partial charge in [0.15, 0.2) is 0 Å². The van der Waals surface area contributed by atoms with E-state index in [1.165, 1.54) is 24.3 Å². The van der Waals surface area contributed by atoms with Crippen LogP contribution in [0.25, 0.3) is 11.1 Å². The number of halogens is 4. The number of nitrogens with two attached hydrogens (primary N) is 1. The van der Waals surface area contributed by atoms with Crippen molar-refractivity contribution in [2.75, 3.05) is 5.73 Å². The molecule has 100 valence electrons.